The maximum Gasteiger partial charge on any atom is 0.322 e. The zero-order valence-electron chi connectivity index (χ0n) is 11.4. The molecule has 1 aromatic rings. The number of benzene rings is 1. The lowest BCUT2D eigenvalue weighted by Gasteiger charge is -2.18. The Labute approximate surface area is 114 Å². The Morgan fingerprint density at radius 2 is 1.89 bits per heavy atom. The first kappa shape index (κ1) is 12.3. The van der Waals surface area contributed by atoms with Crippen LogP contribution in [0.4, 0.5) is 16.2 Å². The Bertz CT molecular complexity index is 451. The molecule has 1 atom stereocenters. The number of carbonyl (C=O) groups is 1. The van der Waals surface area contributed by atoms with Gasteiger partial charge in [0.25, 0.3) is 0 Å². The molecule has 0 bridgehead atoms. The van der Waals surface area contributed by atoms with Gasteiger partial charge >= 0.3 is 6.03 Å². The van der Waals surface area contributed by atoms with Gasteiger partial charge in [-0.3, -0.25) is 4.90 Å². The van der Waals surface area contributed by atoms with Gasteiger partial charge in [-0.15, -0.1) is 0 Å². The maximum atomic E-state index is 12.1. The molecule has 0 spiro atoms. The van der Waals surface area contributed by atoms with E-state index in [-0.39, 0.29) is 6.03 Å². The molecular formula is C15H21N3O. The summed E-state index contributed by atoms with van der Waals surface area (Å²) in [7, 11) is 1.90. The van der Waals surface area contributed by atoms with Gasteiger partial charge in [0.05, 0.1) is 6.04 Å². The molecule has 1 aliphatic carbocycles. The van der Waals surface area contributed by atoms with Crippen molar-refractivity contribution in [1.82, 2.24) is 5.32 Å². The fourth-order valence-corrected chi connectivity index (χ4v) is 3.22. The average molecular weight is 259 g/mol. The van der Waals surface area contributed by atoms with Crippen LogP contribution < -0.4 is 15.5 Å². The highest BCUT2D eigenvalue weighted by Gasteiger charge is 2.35. The molecule has 1 saturated carbocycles. The molecule has 1 saturated heterocycles. The summed E-state index contributed by atoms with van der Waals surface area (Å²) in [6.45, 7) is 0.808. The second-order valence-electron chi connectivity index (χ2n) is 5.51. The van der Waals surface area contributed by atoms with Gasteiger partial charge in [-0.05, 0) is 43.0 Å². The first-order chi connectivity index (χ1) is 9.28. The van der Waals surface area contributed by atoms with Crippen molar-refractivity contribution in [3.05, 3.63) is 24.3 Å². The Balaban J connectivity index is 1.72. The standard InChI is InChI=1S/C15H21N3O/c1-16-12-6-8-13(9-7-12)18-10-14(17-15(18)19)11-4-2-3-5-11/h6-9,11,14,16H,2-5,10H2,1H3,(H,17,19). The molecular weight excluding hydrogens is 238 g/mol. The van der Waals surface area contributed by atoms with Crippen LogP contribution in [0, 0.1) is 5.92 Å². The highest BCUT2D eigenvalue weighted by atomic mass is 16.2. The molecule has 2 aliphatic rings. The molecule has 19 heavy (non-hydrogen) atoms. The summed E-state index contributed by atoms with van der Waals surface area (Å²) in [5, 5.41) is 6.23. The Morgan fingerprint density at radius 1 is 1.21 bits per heavy atom. The Morgan fingerprint density at radius 3 is 2.53 bits per heavy atom. The molecule has 4 nitrogen and oxygen atoms in total. The van der Waals surface area contributed by atoms with Crippen LogP contribution in [-0.4, -0.2) is 25.7 Å². The largest absolute Gasteiger partial charge is 0.388 e. The molecule has 1 unspecified atom stereocenters. The number of anilines is 2. The smallest absolute Gasteiger partial charge is 0.322 e. The van der Waals surface area contributed by atoms with Crippen LogP contribution in [0.1, 0.15) is 25.7 Å². The predicted octanol–water partition coefficient (Wildman–Crippen LogP) is 2.82. The Kier molecular flexibility index (Phi) is 3.32. The number of amides is 2. The van der Waals surface area contributed by atoms with E-state index < -0.39 is 0 Å². The van der Waals surface area contributed by atoms with Crippen molar-refractivity contribution in [2.75, 3.05) is 23.8 Å². The van der Waals surface area contributed by atoms with E-state index in [2.05, 4.69) is 10.6 Å². The van der Waals surface area contributed by atoms with Crippen LogP contribution in [0.3, 0.4) is 0 Å². The fraction of sp³-hybridized carbons (Fsp3) is 0.533. The first-order valence-electron chi connectivity index (χ1n) is 7.14. The molecule has 2 amide bonds. The van der Waals surface area contributed by atoms with Crippen molar-refractivity contribution >= 4 is 17.4 Å². The number of nitrogens with one attached hydrogen (secondary N) is 2. The minimum absolute atomic E-state index is 0.0501. The van der Waals surface area contributed by atoms with Gasteiger partial charge in [0.1, 0.15) is 0 Å². The van der Waals surface area contributed by atoms with Crippen LogP contribution in [-0.2, 0) is 0 Å². The van der Waals surface area contributed by atoms with E-state index in [1.165, 1.54) is 25.7 Å². The number of hydrogen-bond acceptors (Lipinski definition) is 2. The van der Waals surface area contributed by atoms with Crippen LogP contribution in [0.25, 0.3) is 0 Å². The molecule has 0 aromatic heterocycles. The van der Waals surface area contributed by atoms with Crippen LogP contribution in [0.15, 0.2) is 24.3 Å². The Hall–Kier alpha value is -1.71. The molecule has 102 valence electrons. The van der Waals surface area contributed by atoms with Crippen LogP contribution in [0.2, 0.25) is 0 Å². The predicted molar refractivity (Wildman–Crippen MR) is 77.6 cm³/mol. The quantitative estimate of drug-likeness (QED) is 0.876. The van der Waals surface area contributed by atoms with Crippen molar-refractivity contribution in [3.63, 3.8) is 0 Å². The fourth-order valence-electron chi connectivity index (χ4n) is 3.22. The van der Waals surface area contributed by atoms with Crippen molar-refractivity contribution in [3.8, 4) is 0 Å². The van der Waals surface area contributed by atoms with E-state index >= 15 is 0 Å². The molecule has 4 heteroatoms. The monoisotopic (exact) mass is 259 g/mol. The van der Waals surface area contributed by atoms with E-state index in [1.807, 2.05) is 36.2 Å². The van der Waals surface area contributed by atoms with E-state index in [1.54, 1.807) is 0 Å². The highest BCUT2D eigenvalue weighted by Crippen LogP contribution is 2.31. The van der Waals surface area contributed by atoms with Crippen molar-refractivity contribution < 1.29 is 4.79 Å². The van der Waals surface area contributed by atoms with Gasteiger partial charge in [0, 0.05) is 25.0 Å². The molecule has 1 aliphatic heterocycles. The molecule has 1 heterocycles. The molecule has 3 rings (SSSR count). The minimum atomic E-state index is 0.0501. The lowest BCUT2D eigenvalue weighted by Crippen LogP contribution is -2.32. The van der Waals surface area contributed by atoms with Crippen molar-refractivity contribution in [2.45, 2.75) is 31.7 Å². The normalized spacial score (nSPS) is 23.7. The average Bonchev–Trinajstić information content (AvgIpc) is 3.08. The summed E-state index contributed by atoms with van der Waals surface area (Å²) >= 11 is 0. The SMILES string of the molecule is CNc1ccc(N2CC(C3CCCC3)NC2=O)cc1. The van der Waals surface area contributed by atoms with E-state index in [9.17, 15) is 4.79 Å². The maximum absolute atomic E-state index is 12.1. The summed E-state index contributed by atoms with van der Waals surface area (Å²) in [5.41, 5.74) is 2.05. The number of rotatable bonds is 3. The van der Waals surface area contributed by atoms with Gasteiger partial charge in [0.15, 0.2) is 0 Å². The summed E-state index contributed by atoms with van der Waals surface area (Å²) < 4.78 is 0. The third kappa shape index (κ3) is 2.39. The lowest BCUT2D eigenvalue weighted by molar-refractivity contribution is 0.249. The van der Waals surface area contributed by atoms with Gasteiger partial charge in [-0.2, -0.15) is 0 Å². The number of nitrogens with zero attached hydrogens (tertiary/aromatic N) is 1. The van der Waals surface area contributed by atoms with Crippen LogP contribution in [0.5, 0.6) is 0 Å². The summed E-state index contributed by atoms with van der Waals surface area (Å²) in [6, 6.07) is 8.40. The zero-order chi connectivity index (χ0) is 13.2. The lowest BCUT2D eigenvalue weighted by atomic mass is 9.99. The third-order valence-corrected chi connectivity index (χ3v) is 4.37. The third-order valence-electron chi connectivity index (χ3n) is 4.37. The first-order valence-corrected chi connectivity index (χ1v) is 7.14. The van der Waals surface area contributed by atoms with Crippen molar-refractivity contribution in [1.29, 1.82) is 0 Å². The van der Waals surface area contributed by atoms with Gasteiger partial charge < -0.3 is 10.6 Å². The summed E-state index contributed by atoms with van der Waals surface area (Å²) in [4.78, 5) is 14.0. The molecule has 2 N–H and O–H groups in total. The van der Waals surface area contributed by atoms with E-state index in [0.29, 0.717) is 12.0 Å². The summed E-state index contributed by atoms with van der Waals surface area (Å²) in [5.74, 6) is 0.672. The topological polar surface area (TPSA) is 44.4 Å². The second-order valence-corrected chi connectivity index (χ2v) is 5.51. The van der Waals surface area contributed by atoms with Gasteiger partial charge in [0.2, 0.25) is 0 Å². The number of carbonyl (C=O) groups excluding carboxylic acids is 1. The van der Waals surface area contributed by atoms with E-state index in [4.69, 9.17) is 0 Å². The number of urea groups is 1. The minimum Gasteiger partial charge on any atom is -0.388 e. The second kappa shape index (κ2) is 5.11. The highest BCUT2D eigenvalue weighted by molar-refractivity contribution is 5.94. The van der Waals surface area contributed by atoms with Gasteiger partial charge in [-0.25, -0.2) is 4.79 Å². The molecule has 1 aromatic carbocycles. The van der Waals surface area contributed by atoms with E-state index in [0.717, 1.165) is 17.9 Å². The molecule has 0 radical (unpaired) electrons. The molecule has 2 fully saturated rings. The van der Waals surface area contributed by atoms with Crippen molar-refractivity contribution in [2.24, 2.45) is 5.92 Å². The zero-order valence-corrected chi connectivity index (χ0v) is 11.4. The number of hydrogen-bond donors (Lipinski definition) is 2. The summed E-state index contributed by atoms with van der Waals surface area (Å²) in [6.07, 6.45) is 5.15. The van der Waals surface area contributed by atoms with Crippen LogP contribution >= 0.6 is 0 Å². The van der Waals surface area contributed by atoms with Gasteiger partial charge in [-0.1, -0.05) is 12.8 Å².